The number of aliphatic imine (C=N–C) groups is 1. The van der Waals surface area contributed by atoms with Gasteiger partial charge in [0.1, 0.15) is 5.84 Å². The number of hydrogen-bond acceptors (Lipinski definition) is 5. The Hall–Kier alpha value is -12.4. The van der Waals surface area contributed by atoms with Gasteiger partial charge in [-0.3, -0.25) is 5.43 Å². The van der Waals surface area contributed by atoms with E-state index in [1.165, 1.54) is 143 Å². The maximum Gasteiger partial charge on any atom is 0.181 e. The Morgan fingerprint density at radius 1 is 0.304 bits per heavy atom. The Morgan fingerprint density at radius 2 is 0.647 bits per heavy atom. The number of nitrogens with one attached hydrogen (secondary N) is 1. The normalized spacial score (nSPS) is 13.3. The van der Waals surface area contributed by atoms with Crippen molar-refractivity contribution >= 4 is 183 Å². The van der Waals surface area contributed by atoms with E-state index in [0.717, 1.165) is 56.7 Å². The van der Waals surface area contributed by atoms with Gasteiger partial charge in [0.15, 0.2) is 5.84 Å². The minimum Gasteiger partial charge on any atom is -0.383 e. The van der Waals surface area contributed by atoms with E-state index in [-0.39, 0.29) is 0 Å². The van der Waals surface area contributed by atoms with Crippen LogP contribution >= 0.6 is 34.0 Å². The van der Waals surface area contributed by atoms with E-state index < -0.39 is 0 Å². The number of nitrogens with two attached hydrogens (primary N) is 1. The monoisotopic (exact) mass is 1360 g/mol. The quantitative estimate of drug-likeness (QED) is 0.0813. The number of fused-ring (bicyclic) bond motifs is 18. The number of amidine groups is 2. The predicted octanol–water partition coefficient (Wildman–Crippen LogP) is 25.5. The molecule has 1 aliphatic carbocycles. The molecule has 0 spiro atoms. The van der Waals surface area contributed by atoms with Crippen LogP contribution in [0.5, 0.6) is 0 Å². The first-order valence-corrected chi connectivity index (χ1v) is 37.0. The molecule has 0 saturated heterocycles. The lowest BCUT2D eigenvalue weighted by atomic mass is 10.0. The summed E-state index contributed by atoms with van der Waals surface area (Å²) in [4.78, 5) is 5.28. The van der Waals surface area contributed by atoms with Crippen molar-refractivity contribution in [1.29, 1.82) is 0 Å². The van der Waals surface area contributed by atoms with Crippen LogP contribution in [0.2, 0.25) is 0 Å². The fourth-order valence-corrected chi connectivity index (χ4v) is 19.4. The van der Waals surface area contributed by atoms with Crippen LogP contribution in [0.15, 0.2) is 331 Å². The number of para-hydroxylation sites is 3. The fourth-order valence-electron chi connectivity index (χ4n) is 16.0. The minimum absolute atomic E-state index is 0.421. The van der Waals surface area contributed by atoms with Gasteiger partial charge in [-0.05, 0) is 179 Å². The first-order chi connectivity index (χ1) is 50.4. The number of aromatic nitrogens is 3. The van der Waals surface area contributed by atoms with E-state index in [4.69, 9.17) is 15.8 Å². The van der Waals surface area contributed by atoms with Gasteiger partial charge in [0.25, 0.3) is 0 Å². The molecule has 0 amide bonds. The fraction of sp³-hybridized carbons (Fsp3) is 0.0217. The number of anilines is 1. The largest absolute Gasteiger partial charge is 0.383 e. The summed E-state index contributed by atoms with van der Waals surface area (Å²) in [6.45, 7) is 0. The molecule has 21 rings (SSSR count). The zero-order chi connectivity index (χ0) is 67.1. The van der Waals surface area contributed by atoms with Gasteiger partial charge < -0.3 is 19.4 Å². The second-order valence-corrected chi connectivity index (χ2v) is 29.9. The smallest absolute Gasteiger partial charge is 0.181 e. The summed E-state index contributed by atoms with van der Waals surface area (Å²) < 4.78 is 15.0. The van der Waals surface area contributed by atoms with Gasteiger partial charge in [0.2, 0.25) is 0 Å². The average molecular weight is 1360 g/mol. The molecule has 6 aromatic heterocycles. The van der Waals surface area contributed by atoms with Gasteiger partial charge >= 0.3 is 0 Å². The minimum atomic E-state index is 0.421. The molecule has 0 saturated carbocycles. The summed E-state index contributed by atoms with van der Waals surface area (Å²) in [6.07, 6.45) is 5.84. The molecule has 0 fully saturated rings. The zero-order valence-electron chi connectivity index (χ0n) is 55.0. The molecule has 0 radical (unpaired) electrons. The van der Waals surface area contributed by atoms with Crippen LogP contribution < -0.4 is 11.2 Å². The predicted molar refractivity (Wildman–Crippen MR) is 439 cm³/mol. The number of hydrogen-bond donors (Lipinski definition) is 2. The summed E-state index contributed by atoms with van der Waals surface area (Å²) in [5.41, 5.74) is 30.6. The van der Waals surface area contributed by atoms with E-state index in [1.807, 2.05) is 34.0 Å². The molecule has 7 nitrogen and oxygen atoms in total. The van der Waals surface area contributed by atoms with Crippen molar-refractivity contribution in [3.8, 4) is 44.8 Å². The van der Waals surface area contributed by atoms with Crippen LogP contribution in [-0.2, 0) is 0 Å². The van der Waals surface area contributed by atoms with Crippen LogP contribution in [0.4, 0.5) is 5.69 Å². The van der Waals surface area contributed by atoms with Crippen molar-refractivity contribution < 1.29 is 0 Å². The molecule has 480 valence electrons. The van der Waals surface area contributed by atoms with Crippen molar-refractivity contribution in [2.24, 2.45) is 15.8 Å². The summed E-state index contributed by atoms with van der Waals surface area (Å²) in [5.74, 6) is 0.886. The van der Waals surface area contributed by atoms with Crippen LogP contribution in [0.1, 0.15) is 18.4 Å². The Labute approximate surface area is 597 Å². The number of thiophene rings is 3. The number of benzene rings is 14. The first-order valence-electron chi connectivity index (χ1n) is 34.6. The van der Waals surface area contributed by atoms with Crippen molar-refractivity contribution in [1.82, 2.24) is 13.7 Å². The highest BCUT2D eigenvalue weighted by molar-refractivity contribution is 7.26. The molecule has 20 aromatic rings. The molecule has 0 aliphatic heterocycles. The third-order valence-corrected chi connectivity index (χ3v) is 24.3. The molecule has 10 heteroatoms. The molecule has 1 aliphatic rings. The maximum atomic E-state index is 7.28. The molecule has 6 heterocycles. The third-order valence-electron chi connectivity index (χ3n) is 20.9. The van der Waals surface area contributed by atoms with E-state index in [9.17, 15) is 0 Å². The molecule has 0 unspecified atom stereocenters. The third kappa shape index (κ3) is 9.52. The molecular formula is C92H59N7S3. The van der Waals surface area contributed by atoms with E-state index in [2.05, 4.69) is 335 Å². The van der Waals surface area contributed by atoms with Crippen molar-refractivity contribution in [2.45, 2.75) is 12.8 Å². The van der Waals surface area contributed by atoms with Gasteiger partial charge in [0, 0.05) is 115 Å². The zero-order valence-corrected chi connectivity index (χ0v) is 57.4. The highest BCUT2D eigenvalue weighted by atomic mass is 32.1. The van der Waals surface area contributed by atoms with Crippen LogP contribution in [0.3, 0.4) is 0 Å². The second kappa shape index (κ2) is 23.3. The standard InChI is InChI=1S/C92H59N7S3/c93-91(55-25-37-64(38-26-55)97-79-19-7-1-13-67(79)70-43-29-57(49-82(70)97)60-32-46-76-73-16-4-10-22-85(73)100-88(76)52-60)94-92(56-27-39-65(40-28-56)98-80-20-8-2-14-68(80)71-44-30-58(50-83(71)98)61-33-47-77-74-17-5-11-23-86(74)101-89(77)53-61)96-95-63-35-41-66(42-36-63)99-81-21-9-3-15-69(81)72-45-31-59(51-84(72)99)62-34-48-78-75-18-6-12-24-87(75)102-90(78)54-62/h1-25,27-37,39-54,95H,26,38H2,(H2,93,94,96). The van der Waals surface area contributed by atoms with E-state index >= 15 is 0 Å². The number of allylic oxidation sites excluding steroid dienone is 3. The highest BCUT2D eigenvalue weighted by Gasteiger charge is 2.22. The summed E-state index contributed by atoms with van der Waals surface area (Å²) in [5, 5.41) is 20.2. The Kier molecular flexibility index (Phi) is 13.4. The average Bonchev–Trinajstić information content (AvgIpc) is 1.59. The Balaban J connectivity index is 0.644. The SMILES string of the molecule is NC(=N/C(=N\Nc1ccc(-n2c3ccccc3c3ccc(-c4ccc5c(c4)sc4ccccc45)cc32)cc1)c1ccc(-n2c3ccccc3c3ccc(-c4ccc5c(c4)sc4ccccc45)cc32)cc1)C1=CC=C(n2c3ccccc3c3ccc(-c4ccc5c(c4)sc4ccccc45)cc32)CC1. The topological polar surface area (TPSA) is 77.6 Å². The highest BCUT2D eigenvalue weighted by Crippen LogP contribution is 2.44. The lowest BCUT2D eigenvalue weighted by Gasteiger charge is -2.18. The molecule has 0 atom stereocenters. The van der Waals surface area contributed by atoms with Gasteiger partial charge in [-0.1, -0.05) is 188 Å². The summed E-state index contributed by atoms with van der Waals surface area (Å²) in [7, 11) is 0. The van der Waals surface area contributed by atoms with Crippen LogP contribution in [0.25, 0.3) is 176 Å². The van der Waals surface area contributed by atoms with Crippen LogP contribution in [-0.4, -0.2) is 25.4 Å². The maximum absolute atomic E-state index is 7.28. The van der Waals surface area contributed by atoms with E-state index in [1.54, 1.807) is 0 Å². The molecule has 3 N–H and O–H groups in total. The van der Waals surface area contributed by atoms with Gasteiger partial charge in [-0.2, -0.15) is 5.10 Å². The Bertz CT molecular complexity index is 7040. The summed E-state index contributed by atoms with van der Waals surface area (Å²) >= 11 is 5.56. The summed E-state index contributed by atoms with van der Waals surface area (Å²) in [6, 6.07) is 111. The number of rotatable bonds is 10. The number of hydrazone groups is 1. The van der Waals surface area contributed by atoms with Gasteiger partial charge in [-0.15, -0.1) is 34.0 Å². The number of nitrogens with zero attached hydrogens (tertiary/aromatic N) is 5. The van der Waals surface area contributed by atoms with E-state index in [0.29, 0.717) is 18.1 Å². The van der Waals surface area contributed by atoms with Crippen molar-refractivity contribution in [3.05, 3.63) is 327 Å². The second-order valence-electron chi connectivity index (χ2n) is 26.7. The molecule has 14 aromatic carbocycles. The van der Waals surface area contributed by atoms with Crippen LogP contribution in [0, 0.1) is 0 Å². The molecule has 0 bridgehead atoms. The molecule has 102 heavy (non-hydrogen) atoms. The lowest BCUT2D eigenvalue weighted by Crippen LogP contribution is -2.19. The van der Waals surface area contributed by atoms with Crippen molar-refractivity contribution in [3.63, 3.8) is 0 Å². The van der Waals surface area contributed by atoms with Gasteiger partial charge in [-0.25, -0.2) is 4.99 Å². The Morgan fingerprint density at radius 3 is 1.07 bits per heavy atom. The lowest BCUT2D eigenvalue weighted by molar-refractivity contribution is 0.955. The van der Waals surface area contributed by atoms with Crippen molar-refractivity contribution in [2.75, 3.05) is 5.43 Å². The van der Waals surface area contributed by atoms with Gasteiger partial charge in [0.05, 0.1) is 38.8 Å². The first kappa shape index (κ1) is 58.5. The molecular weight excluding hydrogens is 1300 g/mol.